The number of sulfone groups is 1. The Hall–Kier alpha value is -3.40. The minimum atomic E-state index is -3.55. The summed E-state index contributed by atoms with van der Waals surface area (Å²) in [6.07, 6.45) is 0.990. The van der Waals surface area contributed by atoms with E-state index in [0.717, 1.165) is 23.2 Å². The van der Waals surface area contributed by atoms with Gasteiger partial charge < -0.3 is 15.2 Å². The van der Waals surface area contributed by atoms with Crippen LogP contribution in [0.3, 0.4) is 0 Å². The quantitative estimate of drug-likeness (QED) is 0.322. The molecule has 9 nitrogen and oxygen atoms in total. The minimum Gasteiger partial charge on any atom is -0.378 e. The molecular weight excluding hydrogens is 408 g/mol. The molecule has 0 aliphatic heterocycles. The molecule has 1 heterocycles. The number of carbonyl (C=O) groups is 1. The second-order valence-electron chi connectivity index (χ2n) is 6.72. The van der Waals surface area contributed by atoms with Crippen LogP contribution < -0.4 is 10.6 Å². The summed E-state index contributed by atoms with van der Waals surface area (Å²) in [7, 11) is -3.55. The number of carbonyl (C=O) groups excluding carboxylic acids is 1. The number of benzene rings is 2. The third-order valence-electron chi connectivity index (χ3n) is 4.68. The van der Waals surface area contributed by atoms with Crippen molar-refractivity contribution in [3.63, 3.8) is 0 Å². The largest absolute Gasteiger partial charge is 0.378 e. The number of aromatic nitrogens is 1. The molecule has 0 atom stereocenters. The van der Waals surface area contributed by atoms with Crippen LogP contribution in [0.2, 0.25) is 0 Å². The highest BCUT2D eigenvalue weighted by molar-refractivity contribution is 7.90. The van der Waals surface area contributed by atoms with Crippen LogP contribution in [0.1, 0.15) is 17.4 Å². The van der Waals surface area contributed by atoms with Crippen molar-refractivity contribution in [1.82, 2.24) is 9.88 Å². The summed E-state index contributed by atoms with van der Waals surface area (Å²) in [6, 6.07) is 13.2. The molecule has 0 unspecified atom stereocenters. The summed E-state index contributed by atoms with van der Waals surface area (Å²) in [4.78, 5) is 23.1. The van der Waals surface area contributed by atoms with Gasteiger partial charge in [-0.3, -0.25) is 14.9 Å². The van der Waals surface area contributed by atoms with Gasteiger partial charge >= 0.3 is 0 Å². The highest BCUT2D eigenvalue weighted by Gasteiger charge is 2.19. The first-order valence-corrected chi connectivity index (χ1v) is 11.2. The van der Waals surface area contributed by atoms with Gasteiger partial charge in [0, 0.05) is 42.9 Å². The second-order valence-corrected chi connectivity index (χ2v) is 8.74. The number of nitro benzene ring substituents is 1. The molecule has 0 radical (unpaired) electrons. The molecule has 0 spiro atoms. The van der Waals surface area contributed by atoms with E-state index in [-0.39, 0.29) is 35.3 Å². The Balaban J connectivity index is 1.67. The SMILES string of the molecule is CCn1c(C(=O)NCCNc2ccc(S(C)(=O)=O)cc2[N+](=O)[O-])cc2ccccc21. The molecule has 0 aliphatic rings. The zero-order valence-corrected chi connectivity index (χ0v) is 17.4. The van der Waals surface area contributed by atoms with Crippen molar-refractivity contribution in [3.05, 3.63) is 64.3 Å². The van der Waals surface area contributed by atoms with Crippen molar-refractivity contribution in [3.8, 4) is 0 Å². The third kappa shape index (κ3) is 4.43. The number of hydrogen-bond donors (Lipinski definition) is 2. The molecule has 10 heteroatoms. The van der Waals surface area contributed by atoms with Gasteiger partial charge in [-0.25, -0.2) is 8.42 Å². The maximum Gasteiger partial charge on any atom is 0.293 e. The van der Waals surface area contributed by atoms with Crippen LogP contribution >= 0.6 is 0 Å². The highest BCUT2D eigenvalue weighted by Crippen LogP contribution is 2.27. The van der Waals surface area contributed by atoms with E-state index in [2.05, 4.69) is 10.6 Å². The summed E-state index contributed by atoms with van der Waals surface area (Å²) in [5.74, 6) is -0.239. The summed E-state index contributed by atoms with van der Waals surface area (Å²) in [5.41, 5.74) is 1.37. The lowest BCUT2D eigenvalue weighted by atomic mass is 10.2. The average molecular weight is 430 g/mol. The van der Waals surface area contributed by atoms with Crippen LogP contribution in [0.5, 0.6) is 0 Å². The smallest absolute Gasteiger partial charge is 0.293 e. The number of nitrogens with zero attached hydrogens (tertiary/aromatic N) is 2. The molecule has 3 aromatic rings. The lowest BCUT2D eigenvalue weighted by Crippen LogP contribution is -2.30. The Bertz CT molecular complexity index is 1220. The molecule has 2 N–H and O–H groups in total. The van der Waals surface area contributed by atoms with Gasteiger partial charge in [0.25, 0.3) is 11.6 Å². The summed E-state index contributed by atoms with van der Waals surface area (Å²) >= 11 is 0. The van der Waals surface area contributed by atoms with Crippen molar-refractivity contribution in [2.45, 2.75) is 18.4 Å². The van der Waals surface area contributed by atoms with E-state index in [1.165, 1.54) is 12.1 Å². The molecule has 2 aromatic carbocycles. The fourth-order valence-electron chi connectivity index (χ4n) is 3.25. The van der Waals surface area contributed by atoms with Gasteiger partial charge in [-0.1, -0.05) is 18.2 Å². The number of para-hydroxylation sites is 1. The molecule has 3 rings (SSSR count). The van der Waals surface area contributed by atoms with Gasteiger partial charge in [0.15, 0.2) is 9.84 Å². The van der Waals surface area contributed by atoms with Crippen LogP contribution in [0.4, 0.5) is 11.4 Å². The number of anilines is 1. The van der Waals surface area contributed by atoms with Crippen molar-refractivity contribution >= 4 is 38.0 Å². The fraction of sp³-hybridized carbons (Fsp3) is 0.250. The van der Waals surface area contributed by atoms with E-state index >= 15 is 0 Å². The molecular formula is C20H22N4O5S. The second kappa shape index (κ2) is 8.54. The number of rotatable bonds is 8. The zero-order valence-electron chi connectivity index (χ0n) is 16.6. The van der Waals surface area contributed by atoms with Crippen molar-refractivity contribution < 1.29 is 18.1 Å². The van der Waals surface area contributed by atoms with Crippen LogP contribution in [0.15, 0.2) is 53.4 Å². The first-order chi connectivity index (χ1) is 14.2. The summed E-state index contributed by atoms with van der Waals surface area (Å²) in [6.45, 7) is 3.07. The third-order valence-corrected chi connectivity index (χ3v) is 5.79. The van der Waals surface area contributed by atoms with E-state index in [1.807, 2.05) is 41.8 Å². The standard InChI is InChI=1S/C20H22N4O5S/c1-3-23-17-7-5-4-6-14(17)12-19(23)20(25)22-11-10-21-16-9-8-15(30(2,28)29)13-18(16)24(26)27/h4-9,12-13,21H,3,10-11H2,1-2H3,(H,22,25). The van der Waals surface area contributed by atoms with Crippen LogP contribution in [-0.2, 0) is 16.4 Å². The number of fused-ring (bicyclic) bond motifs is 1. The Morgan fingerprint density at radius 2 is 1.87 bits per heavy atom. The monoisotopic (exact) mass is 430 g/mol. The highest BCUT2D eigenvalue weighted by atomic mass is 32.2. The van der Waals surface area contributed by atoms with Gasteiger partial charge in [-0.2, -0.15) is 0 Å². The Morgan fingerprint density at radius 1 is 1.13 bits per heavy atom. The molecule has 30 heavy (non-hydrogen) atoms. The number of nitro groups is 1. The van der Waals surface area contributed by atoms with E-state index in [1.54, 1.807) is 0 Å². The predicted molar refractivity (Wildman–Crippen MR) is 115 cm³/mol. The molecule has 0 fully saturated rings. The Labute approximate surface area is 173 Å². The minimum absolute atomic E-state index is 0.125. The number of amides is 1. The average Bonchev–Trinajstić information content (AvgIpc) is 3.09. The van der Waals surface area contributed by atoms with Crippen molar-refractivity contribution in [2.75, 3.05) is 24.7 Å². The maximum atomic E-state index is 12.6. The van der Waals surface area contributed by atoms with Gasteiger partial charge in [-0.15, -0.1) is 0 Å². The lowest BCUT2D eigenvalue weighted by Gasteiger charge is -2.11. The van der Waals surface area contributed by atoms with E-state index in [9.17, 15) is 23.3 Å². The van der Waals surface area contributed by atoms with Gasteiger partial charge in [0.1, 0.15) is 11.4 Å². The molecule has 158 valence electrons. The van der Waals surface area contributed by atoms with E-state index in [4.69, 9.17) is 0 Å². The predicted octanol–water partition coefficient (Wildman–Crippen LogP) is 2.81. The number of nitrogens with one attached hydrogen (secondary N) is 2. The number of aryl methyl sites for hydroxylation is 1. The van der Waals surface area contributed by atoms with Gasteiger partial charge in [0.05, 0.1) is 9.82 Å². The Morgan fingerprint density at radius 3 is 2.53 bits per heavy atom. The summed E-state index contributed by atoms with van der Waals surface area (Å²) in [5, 5.41) is 17.9. The van der Waals surface area contributed by atoms with Crippen LogP contribution in [-0.4, -0.2) is 43.2 Å². The van der Waals surface area contributed by atoms with E-state index < -0.39 is 14.8 Å². The molecule has 1 amide bonds. The molecule has 1 aromatic heterocycles. The normalized spacial score (nSPS) is 11.4. The lowest BCUT2D eigenvalue weighted by molar-refractivity contribution is -0.384. The van der Waals surface area contributed by atoms with Crippen LogP contribution in [0.25, 0.3) is 10.9 Å². The maximum absolute atomic E-state index is 12.6. The van der Waals surface area contributed by atoms with Crippen LogP contribution in [0, 0.1) is 10.1 Å². The molecule has 0 saturated heterocycles. The first-order valence-electron chi connectivity index (χ1n) is 9.31. The topological polar surface area (TPSA) is 123 Å². The first kappa shape index (κ1) is 21.3. The molecule has 0 bridgehead atoms. The summed E-state index contributed by atoms with van der Waals surface area (Å²) < 4.78 is 25.2. The van der Waals surface area contributed by atoms with Crippen molar-refractivity contribution in [1.29, 1.82) is 0 Å². The van der Waals surface area contributed by atoms with E-state index in [0.29, 0.717) is 12.2 Å². The molecule has 0 aliphatic carbocycles. The van der Waals surface area contributed by atoms with Crippen molar-refractivity contribution in [2.24, 2.45) is 0 Å². The number of hydrogen-bond acceptors (Lipinski definition) is 6. The fourth-order valence-corrected chi connectivity index (χ4v) is 3.89. The van der Waals surface area contributed by atoms with Gasteiger partial charge in [0.2, 0.25) is 0 Å². The Kier molecular flexibility index (Phi) is 6.06. The van der Waals surface area contributed by atoms with Gasteiger partial charge in [-0.05, 0) is 31.2 Å². The molecule has 0 saturated carbocycles. The zero-order chi connectivity index (χ0) is 21.9.